The minimum Gasteiger partial charge on any atom is -0.393 e. The van der Waals surface area contributed by atoms with Gasteiger partial charge in [-0.25, -0.2) is 0 Å². The normalized spacial score (nSPS) is 13.1. The molecule has 43 heavy (non-hydrogen) atoms. The third-order valence-corrected chi connectivity index (χ3v) is 9.52. The molecule has 0 aliphatic heterocycles. The Hall–Kier alpha value is -0.861. The van der Waals surface area contributed by atoms with Crippen molar-refractivity contribution in [1.82, 2.24) is 0 Å². The molecule has 250 valence electrons. The molecule has 0 aromatic heterocycles. The van der Waals surface area contributed by atoms with Crippen molar-refractivity contribution in [3.8, 4) is 0 Å². The van der Waals surface area contributed by atoms with Crippen LogP contribution in [0.5, 0.6) is 0 Å². The minimum absolute atomic E-state index is 0.198. The summed E-state index contributed by atoms with van der Waals surface area (Å²) in [6.07, 6.45) is 34.6. The van der Waals surface area contributed by atoms with Gasteiger partial charge in [0.05, 0.1) is 12.2 Å². The molecule has 0 aromatic rings. The van der Waals surface area contributed by atoms with Gasteiger partial charge in [0, 0.05) is 0 Å². The summed E-state index contributed by atoms with van der Waals surface area (Å²) in [5.74, 6) is -0.461. The van der Waals surface area contributed by atoms with E-state index in [4.69, 9.17) is 6.15 Å². The molecule has 0 fully saturated rings. The van der Waals surface area contributed by atoms with E-state index in [1.54, 1.807) is 0 Å². The van der Waals surface area contributed by atoms with Crippen LogP contribution in [-0.2, 0) is 15.7 Å². The Morgan fingerprint density at radius 3 is 1.33 bits per heavy atom. The van der Waals surface area contributed by atoms with E-state index in [9.17, 15) is 19.8 Å². The predicted molar refractivity (Wildman–Crippen MR) is 180 cm³/mol. The molecule has 7 heteroatoms. The molecule has 2 unspecified atom stereocenters. The Bertz CT molecular complexity index is 625. The summed E-state index contributed by atoms with van der Waals surface area (Å²) in [6.45, 7) is 4.40. The number of unbranched alkanes of at least 4 members (excludes halogenated alkanes) is 16. The van der Waals surface area contributed by atoms with Gasteiger partial charge in [0.25, 0.3) is 0 Å². The molecule has 0 bridgehead atoms. The third kappa shape index (κ3) is 33.9. The van der Waals surface area contributed by atoms with Crippen LogP contribution in [0.25, 0.3) is 0 Å². The van der Waals surface area contributed by atoms with Crippen LogP contribution in [0, 0.1) is 0 Å². The zero-order valence-electron chi connectivity index (χ0n) is 27.9. The van der Waals surface area contributed by atoms with Crippen molar-refractivity contribution in [2.75, 3.05) is 0 Å². The Balaban J connectivity index is 3.45. The molecule has 0 saturated heterocycles. The maximum atomic E-state index is 11.9. The molecule has 2 atom stereocenters. The van der Waals surface area contributed by atoms with E-state index in [1.807, 2.05) is 0 Å². The van der Waals surface area contributed by atoms with Crippen molar-refractivity contribution < 1.29 is 26.0 Å². The first-order chi connectivity index (χ1) is 21.0. The van der Waals surface area contributed by atoms with Gasteiger partial charge in [0.1, 0.15) is 0 Å². The Kier molecular flexibility index (Phi) is 33.3. The van der Waals surface area contributed by atoms with Crippen LogP contribution in [0.2, 0.25) is 0 Å². The fourth-order valence-corrected chi connectivity index (χ4v) is 6.16. The summed E-state index contributed by atoms with van der Waals surface area (Å²) in [5.41, 5.74) is 0. The molecule has 2 N–H and O–H groups in total. The molecule has 0 aliphatic carbocycles. The average Bonchev–Trinajstić information content (AvgIpc) is 2.99. The Morgan fingerprint density at radius 2 is 0.907 bits per heavy atom. The van der Waals surface area contributed by atoms with Crippen LogP contribution in [-0.4, -0.2) is 56.3 Å². The summed E-state index contributed by atoms with van der Waals surface area (Å²) in [4.78, 5) is 23.8. The summed E-state index contributed by atoms with van der Waals surface area (Å²) < 4.78 is 10.4. The fourth-order valence-electron chi connectivity index (χ4n) is 4.93. The second-order valence-corrected chi connectivity index (χ2v) is 13.7. The van der Waals surface area contributed by atoms with E-state index in [0.717, 1.165) is 116 Å². The van der Waals surface area contributed by atoms with Gasteiger partial charge in [-0.15, -0.1) is 0 Å². The van der Waals surface area contributed by atoms with E-state index >= 15 is 0 Å². The van der Waals surface area contributed by atoms with Crippen molar-refractivity contribution in [2.45, 2.75) is 193 Å². The molecular weight excluding hydrogens is 647 g/mol. The topological polar surface area (TPSA) is 93.1 Å². The van der Waals surface area contributed by atoms with Gasteiger partial charge in [-0.1, -0.05) is 65.2 Å². The first kappa shape index (κ1) is 42.1. The van der Waals surface area contributed by atoms with Crippen LogP contribution in [0.3, 0.4) is 0 Å². The van der Waals surface area contributed by atoms with Crippen molar-refractivity contribution in [3.63, 3.8) is 0 Å². The zero-order chi connectivity index (χ0) is 31.6. The van der Waals surface area contributed by atoms with Crippen molar-refractivity contribution in [3.05, 3.63) is 24.3 Å². The van der Waals surface area contributed by atoms with Gasteiger partial charge in [-0.3, -0.25) is 0 Å². The molecule has 2 radical (unpaired) electrons. The van der Waals surface area contributed by atoms with E-state index in [1.165, 1.54) is 38.5 Å². The number of allylic oxidation sites excluding steroid dienone is 2. The maximum absolute atomic E-state index is 11.9. The number of rotatable bonds is 32. The summed E-state index contributed by atoms with van der Waals surface area (Å²) in [6, 6.07) is 0. The first-order valence-corrected chi connectivity index (χ1v) is 20.1. The molecule has 0 heterocycles. The second kappa shape index (κ2) is 34.0. The van der Waals surface area contributed by atoms with E-state index < -0.39 is 22.0 Å². The van der Waals surface area contributed by atoms with Crippen LogP contribution in [0.15, 0.2) is 24.3 Å². The van der Waals surface area contributed by atoms with Gasteiger partial charge in [0.15, 0.2) is 0 Å². The first-order valence-electron chi connectivity index (χ1n) is 17.8. The molecule has 6 nitrogen and oxygen atoms in total. The Labute approximate surface area is 276 Å². The van der Waals surface area contributed by atoms with Gasteiger partial charge in [0.2, 0.25) is 0 Å². The quantitative estimate of drug-likeness (QED) is 0.0410. The molecule has 0 aromatic carbocycles. The summed E-state index contributed by atoms with van der Waals surface area (Å²) in [7, 11) is 0. The molecule has 0 spiro atoms. The minimum atomic E-state index is -1.86. The van der Waals surface area contributed by atoms with Crippen LogP contribution < -0.4 is 0 Å². The standard InChI is InChI=1S/2C18H34O3.Sn/c2*1-2-3-4-11-14-17(19)15-12-9-7-5-6-8-10-13-16-18(20)21;/h2*9,12,17,19H,2-8,10-11,13-16H2,1H3,(H,20,21);/q;;+2/p-2/b2*12-9-;. The van der Waals surface area contributed by atoms with E-state index in [0.29, 0.717) is 12.8 Å². The number of aliphatic hydroxyl groups is 2. The zero-order valence-corrected chi connectivity index (χ0v) is 30.7. The van der Waals surface area contributed by atoms with Gasteiger partial charge in [-0.2, -0.15) is 0 Å². The molecule has 0 saturated carbocycles. The van der Waals surface area contributed by atoms with Gasteiger partial charge < -0.3 is 10.2 Å². The molecule has 0 rings (SSSR count). The van der Waals surface area contributed by atoms with Gasteiger partial charge in [-0.05, 0) is 12.8 Å². The molecular formula is C36H66O6Sn. The van der Waals surface area contributed by atoms with E-state index in [-0.39, 0.29) is 24.1 Å². The number of hydrogen-bond donors (Lipinski definition) is 2. The number of hydrogen-bond acceptors (Lipinski definition) is 6. The Morgan fingerprint density at radius 1 is 0.535 bits per heavy atom. The number of carbonyl (C=O) groups is 2. The number of aliphatic hydroxyl groups excluding tert-OH is 2. The van der Waals surface area contributed by atoms with Crippen molar-refractivity contribution >= 4 is 33.9 Å². The summed E-state index contributed by atoms with van der Waals surface area (Å²) in [5, 5.41) is 20.0. The monoisotopic (exact) mass is 714 g/mol. The third-order valence-electron chi connectivity index (χ3n) is 7.75. The predicted octanol–water partition coefficient (Wildman–Crippen LogP) is 9.62. The van der Waals surface area contributed by atoms with E-state index in [2.05, 4.69) is 38.2 Å². The summed E-state index contributed by atoms with van der Waals surface area (Å²) >= 11 is -1.86. The second-order valence-electron chi connectivity index (χ2n) is 12.1. The average molecular weight is 714 g/mol. The number of carbonyl (C=O) groups excluding carboxylic acids is 2. The SMILES string of the molecule is CCCCCCC(O)C/C=C\CCCCCCCC(=O)[O][Sn][O]C(=O)CCCCCCC/C=C\CC(O)CCCCCC. The smallest absolute Gasteiger partial charge is 0.393 e. The fraction of sp³-hybridized carbons (Fsp3) is 0.833. The van der Waals surface area contributed by atoms with Crippen LogP contribution in [0.4, 0.5) is 0 Å². The van der Waals surface area contributed by atoms with Crippen molar-refractivity contribution in [1.29, 1.82) is 0 Å². The van der Waals surface area contributed by atoms with Crippen LogP contribution in [0.1, 0.15) is 181 Å². The van der Waals surface area contributed by atoms with Gasteiger partial charge >= 0.3 is 177 Å². The molecule has 0 aliphatic rings. The van der Waals surface area contributed by atoms with Crippen molar-refractivity contribution in [2.24, 2.45) is 0 Å². The molecule has 0 amide bonds. The van der Waals surface area contributed by atoms with Crippen LogP contribution >= 0.6 is 0 Å².